The van der Waals surface area contributed by atoms with Crippen LogP contribution in [0.3, 0.4) is 0 Å². The minimum Gasteiger partial charge on any atom is -0.499 e. The lowest BCUT2D eigenvalue weighted by Gasteiger charge is -2.39. The molecule has 1 unspecified atom stereocenters. The first-order chi connectivity index (χ1) is 7.56. The van der Waals surface area contributed by atoms with Crippen LogP contribution in [0.2, 0.25) is 0 Å². The number of ether oxygens (including phenoxy) is 1. The fourth-order valence-corrected chi connectivity index (χ4v) is 2.35. The van der Waals surface area contributed by atoms with Gasteiger partial charge in [0.25, 0.3) is 0 Å². The van der Waals surface area contributed by atoms with Crippen LogP contribution >= 0.6 is 11.8 Å². The van der Waals surface area contributed by atoms with Gasteiger partial charge in [-0.15, -0.1) is 11.8 Å². The maximum atomic E-state index is 11.4. The molecule has 0 saturated carbocycles. The zero-order valence-electron chi connectivity index (χ0n) is 9.52. The first-order valence-electron chi connectivity index (χ1n) is 4.92. The first-order valence-corrected chi connectivity index (χ1v) is 6.20. The lowest BCUT2D eigenvalue weighted by molar-refractivity contribution is -0.146. The molecule has 1 atom stereocenters. The van der Waals surface area contributed by atoms with Crippen molar-refractivity contribution in [2.75, 3.05) is 13.4 Å². The average Bonchev–Trinajstić information content (AvgIpc) is 2.25. The Hall–Kier alpha value is -1.17. The third-order valence-electron chi connectivity index (χ3n) is 2.45. The van der Waals surface area contributed by atoms with Crippen molar-refractivity contribution in [2.45, 2.75) is 25.1 Å². The first kappa shape index (κ1) is 12.9. The van der Waals surface area contributed by atoms with E-state index < -0.39 is 5.97 Å². The molecule has 0 aromatic rings. The van der Waals surface area contributed by atoms with Crippen molar-refractivity contribution in [3.05, 3.63) is 11.5 Å². The molecule has 1 heterocycles. The van der Waals surface area contributed by atoms with E-state index in [1.807, 2.05) is 6.26 Å². The maximum Gasteiger partial charge on any atom is 0.356 e. The molecule has 1 saturated heterocycles. The highest BCUT2D eigenvalue weighted by atomic mass is 32.2. The molecule has 16 heavy (non-hydrogen) atoms. The van der Waals surface area contributed by atoms with Crippen molar-refractivity contribution in [3.63, 3.8) is 0 Å². The van der Waals surface area contributed by atoms with Crippen LogP contribution in [0.4, 0.5) is 0 Å². The van der Waals surface area contributed by atoms with Crippen LogP contribution in [0.15, 0.2) is 11.5 Å². The van der Waals surface area contributed by atoms with Gasteiger partial charge in [0.05, 0.1) is 18.9 Å². The number of hydrogen-bond donors (Lipinski definition) is 1. The minimum atomic E-state index is -1.12. The molecule has 1 amide bonds. The number of hydrogen-bond acceptors (Lipinski definition) is 4. The van der Waals surface area contributed by atoms with E-state index in [0.29, 0.717) is 18.6 Å². The monoisotopic (exact) mass is 245 g/mol. The zero-order chi connectivity index (χ0) is 12.3. The Balaban J connectivity index is 3.07. The highest BCUT2D eigenvalue weighted by Gasteiger charge is 2.41. The van der Waals surface area contributed by atoms with Gasteiger partial charge in [-0.2, -0.15) is 0 Å². The molecule has 0 aliphatic carbocycles. The molecule has 0 aromatic heterocycles. The summed E-state index contributed by atoms with van der Waals surface area (Å²) in [6.45, 7) is 1.79. The van der Waals surface area contributed by atoms with E-state index in [9.17, 15) is 9.59 Å². The fraction of sp³-hybridized carbons (Fsp3) is 0.600. The predicted octanol–water partition coefficient (Wildman–Crippen LogP) is 1.26. The van der Waals surface area contributed by atoms with Crippen molar-refractivity contribution in [1.29, 1.82) is 0 Å². The van der Waals surface area contributed by atoms with Gasteiger partial charge in [0, 0.05) is 6.42 Å². The number of carboxylic acid groups (broad SMARTS) is 1. The number of methoxy groups -OCH3 is 1. The Morgan fingerprint density at radius 2 is 2.31 bits per heavy atom. The van der Waals surface area contributed by atoms with E-state index in [1.54, 1.807) is 6.92 Å². The number of carboxylic acids is 1. The van der Waals surface area contributed by atoms with Crippen molar-refractivity contribution in [1.82, 2.24) is 4.90 Å². The van der Waals surface area contributed by atoms with Gasteiger partial charge in [-0.1, -0.05) is 6.92 Å². The van der Waals surface area contributed by atoms with E-state index in [0.717, 1.165) is 0 Å². The van der Waals surface area contributed by atoms with Crippen LogP contribution in [0.1, 0.15) is 19.8 Å². The molecular weight excluding hydrogens is 230 g/mol. The molecule has 0 radical (unpaired) electrons. The molecule has 1 N–H and O–H groups in total. The minimum absolute atomic E-state index is 0.0272. The normalized spacial score (nSPS) is 21.3. The topological polar surface area (TPSA) is 66.8 Å². The number of carbonyl (C=O) groups excluding carboxylic acids is 1. The van der Waals surface area contributed by atoms with Gasteiger partial charge in [0.1, 0.15) is 5.76 Å². The molecule has 1 aliphatic rings. The number of allylic oxidation sites excluding steroid dienone is 1. The summed E-state index contributed by atoms with van der Waals surface area (Å²) in [7, 11) is 1.42. The summed E-state index contributed by atoms with van der Waals surface area (Å²) in [5.41, 5.74) is -0.0272. The van der Waals surface area contributed by atoms with Gasteiger partial charge in [-0.25, -0.2) is 4.79 Å². The highest BCUT2D eigenvalue weighted by molar-refractivity contribution is 7.99. The highest BCUT2D eigenvalue weighted by Crippen LogP contribution is 2.33. The number of nitrogens with zero attached hydrogens (tertiary/aromatic N) is 1. The smallest absolute Gasteiger partial charge is 0.356 e. The Morgan fingerprint density at radius 1 is 1.69 bits per heavy atom. The standard InChI is InChI=1S/C10H15NO4S/c1-4-6(15-2)9(10(13)14)11-7(12)5-8(11)16-3/h8H,4-5H2,1-3H3,(H,13,14)/b9-6+. The number of amides is 1. The summed E-state index contributed by atoms with van der Waals surface area (Å²) < 4.78 is 5.02. The van der Waals surface area contributed by atoms with Crippen LogP contribution in [0.25, 0.3) is 0 Å². The van der Waals surface area contributed by atoms with Crippen LogP contribution in [-0.2, 0) is 14.3 Å². The molecule has 0 spiro atoms. The number of β-lactam (4-membered cyclic amide) rings is 1. The second-order valence-corrected chi connectivity index (χ2v) is 4.31. The lowest BCUT2D eigenvalue weighted by atomic mass is 10.1. The van der Waals surface area contributed by atoms with Crippen molar-refractivity contribution < 1.29 is 19.4 Å². The van der Waals surface area contributed by atoms with Crippen LogP contribution in [0, 0.1) is 0 Å². The van der Waals surface area contributed by atoms with Crippen molar-refractivity contribution in [2.24, 2.45) is 0 Å². The molecule has 90 valence electrons. The summed E-state index contributed by atoms with van der Waals surface area (Å²) in [4.78, 5) is 23.9. The second-order valence-electron chi connectivity index (χ2n) is 3.29. The Kier molecular flexibility index (Phi) is 4.23. The van der Waals surface area contributed by atoms with Gasteiger partial charge in [0.2, 0.25) is 5.91 Å². The van der Waals surface area contributed by atoms with E-state index in [2.05, 4.69) is 0 Å². The zero-order valence-corrected chi connectivity index (χ0v) is 10.3. The SMILES string of the molecule is CC/C(OC)=C(/C(=O)O)N1C(=O)CC1SC. The number of aliphatic carboxylic acids is 1. The van der Waals surface area contributed by atoms with Crippen molar-refractivity contribution in [3.8, 4) is 0 Å². The quantitative estimate of drug-likeness (QED) is 0.449. The lowest BCUT2D eigenvalue weighted by Crippen LogP contribution is -2.51. The number of rotatable bonds is 5. The Bertz CT molecular complexity index is 334. The number of carbonyl (C=O) groups is 2. The number of likely N-dealkylation sites (tertiary alicyclic amines) is 1. The largest absolute Gasteiger partial charge is 0.499 e. The van der Waals surface area contributed by atoms with E-state index in [-0.39, 0.29) is 17.0 Å². The van der Waals surface area contributed by atoms with Gasteiger partial charge >= 0.3 is 5.97 Å². The van der Waals surface area contributed by atoms with Crippen LogP contribution in [0.5, 0.6) is 0 Å². The Labute approximate surface area is 98.4 Å². The summed E-state index contributed by atoms with van der Waals surface area (Å²) in [5, 5.41) is 9.04. The predicted molar refractivity (Wildman–Crippen MR) is 60.7 cm³/mol. The average molecular weight is 245 g/mol. The molecular formula is C10H15NO4S. The van der Waals surface area contributed by atoms with E-state index in [4.69, 9.17) is 9.84 Å². The van der Waals surface area contributed by atoms with Crippen LogP contribution < -0.4 is 0 Å². The molecule has 0 aromatic carbocycles. The van der Waals surface area contributed by atoms with Gasteiger partial charge in [0.15, 0.2) is 5.70 Å². The maximum absolute atomic E-state index is 11.4. The van der Waals surface area contributed by atoms with Gasteiger partial charge in [-0.05, 0) is 6.26 Å². The third kappa shape index (κ3) is 2.16. The number of thioether (sulfide) groups is 1. The van der Waals surface area contributed by atoms with E-state index >= 15 is 0 Å². The van der Waals surface area contributed by atoms with Gasteiger partial charge in [-0.3, -0.25) is 9.69 Å². The van der Waals surface area contributed by atoms with Crippen molar-refractivity contribution >= 4 is 23.6 Å². The van der Waals surface area contributed by atoms with Crippen LogP contribution in [-0.4, -0.2) is 40.6 Å². The molecule has 1 rings (SSSR count). The third-order valence-corrected chi connectivity index (χ3v) is 3.37. The summed E-state index contributed by atoms with van der Waals surface area (Å²) >= 11 is 1.46. The summed E-state index contributed by atoms with van der Waals surface area (Å²) in [6, 6.07) is 0. The van der Waals surface area contributed by atoms with E-state index in [1.165, 1.54) is 23.8 Å². The molecule has 1 aliphatic heterocycles. The molecule has 5 nitrogen and oxygen atoms in total. The fourth-order valence-electron chi connectivity index (χ4n) is 1.61. The molecule has 0 bridgehead atoms. The Morgan fingerprint density at radius 3 is 2.62 bits per heavy atom. The molecule has 6 heteroatoms. The summed E-state index contributed by atoms with van der Waals surface area (Å²) in [6.07, 6.45) is 2.68. The molecule has 1 fully saturated rings. The summed E-state index contributed by atoms with van der Waals surface area (Å²) in [5.74, 6) is -0.954. The van der Waals surface area contributed by atoms with Gasteiger partial charge < -0.3 is 9.84 Å². The second kappa shape index (κ2) is 5.25.